The third-order valence-corrected chi connectivity index (χ3v) is 5.30. The average molecular weight is 410 g/mol. The Morgan fingerprint density at radius 2 is 1.79 bits per heavy atom. The van der Waals surface area contributed by atoms with E-state index in [1.807, 2.05) is 60.8 Å². The number of anilines is 1. The summed E-state index contributed by atoms with van der Waals surface area (Å²) < 4.78 is 5.16. The van der Waals surface area contributed by atoms with Crippen LogP contribution in [0.4, 0.5) is 5.69 Å². The van der Waals surface area contributed by atoms with Crippen LogP contribution in [-0.4, -0.2) is 42.4 Å². The second kappa shape index (κ2) is 9.34. The fourth-order valence-corrected chi connectivity index (χ4v) is 3.51. The highest BCUT2D eigenvalue weighted by Gasteiger charge is 2.16. The number of benzene rings is 2. The summed E-state index contributed by atoms with van der Waals surface area (Å²) in [6, 6.07) is 15.1. The van der Waals surface area contributed by atoms with E-state index < -0.39 is 0 Å². The van der Waals surface area contributed by atoms with E-state index in [1.165, 1.54) is 16.2 Å². The van der Waals surface area contributed by atoms with Gasteiger partial charge in [0.15, 0.2) is 0 Å². The first-order valence-corrected chi connectivity index (χ1v) is 10.0. The molecular weight excluding hydrogens is 386 g/mol. The molecule has 2 aromatic carbocycles. The van der Waals surface area contributed by atoms with Crippen molar-refractivity contribution in [3.05, 3.63) is 65.2 Å². The molecule has 0 saturated heterocycles. The Hall–Kier alpha value is -3.19. The Morgan fingerprint density at radius 3 is 2.45 bits per heavy atom. The fourth-order valence-electron chi connectivity index (χ4n) is 2.69. The first-order chi connectivity index (χ1) is 13.9. The lowest BCUT2D eigenvalue weighted by Crippen LogP contribution is -2.35. The SMILES string of the molecule is COc1ccc(-c2nc(CC(=O)N(C)CC(=O)Nc3ccc(C)cc3)cs2)cc1. The molecule has 1 aromatic heterocycles. The molecule has 6 nitrogen and oxygen atoms in total. The van der Waals surface area contributed by atoms with E-state index in [0.29, 0.717) is 11.4 Å². The molecule has 3 rings (SSSR count). The Balaban J connectivity index is 1.54. The van der Waals surface area contributed by atoms with Crippen LogP contribution < -0.4 is 10.1 Å². The lowest BCUT2D eigenvalue weighted by molar-refractivity contribution is -0.132. The van der Waals surface area contributed by atoms with Crippen molar-refractivity contribution in [2.45, 2.75) is 13.3 Å². The lowest BCUT2D eigenvalue weighted by atomic mass is 10.2. The second-order valence-electron chi connectivity index (χ2n) is 6.71. The number of aryl methyl sites for hydroxylation is 1. The Labute approximate surface area is 174 Å². The molecule has 2 amide bonds. The van der Waals surface area contributed by atoms with E-state index in [9.17, 15) is 9.59 Å². The normalized spacial score (nSPS) is 10.4. The molecule has 7 heteroatoms. The number of carbonyl (C=O) groups excluding carboxylic acids is 2. The molecule has 150 valence electrons. The Bertz CT molecular complexity index is 981. The molecule has 0 bridgehead atoms. The molecular formula is C22H23N3O3S. The van der Waals surface area contributed by atoms with Gasteiger partial charge in [0, 0.05) is 23.7 Å². The second-order valence-corrected chi connectivity index (χ2v) is 7.57. The van der Waals surface area contributed by atoms with E-state index in [4.69, 9.17) is 4.74 Å². The fraction of sp³-hybridized carbons (Fsp3) is 0.227. The standard InChI is InChI=1S/C22H23N3O3S/c1-15-4-8-17(9-5-15)23-20(26)13-25(2)21(27)12-18-14-29-22(24-18)16-6-10-19(28-3)11-7-16/h4-11,14H,12-13H2,1-3H3,(H,23,26). The topological polar surface area (TPSA) is 71.5 Å². The zero-order valence-electron chi connectivity index (χ0n) is 16.6. The van der Waals surface area contributed by atoms with Gasteiger partial charge in [-0.2, -0.15) is 0 Å². The van der Waals surface area contributed by atoms with Crippen LogP contribution in [0.5, 0.6) is 5.75 Å². The van der Waals surface area contributed by atoms with Crippen LogP contribution in [0.1, 0.15) is 11.3 Å². The minimum absolute atomic E-state index is 0.0117. The van der Waals surface area contributed by atoms with Crippen LogP contribution in [0.2, 0.25) is 0 Å². The van der Waals surface area contributed by atoms with Gasteiger partial charge >= 0.3 is 0 Å². The van der Waals surface area contributed by atoms with Crippen LogP contribution in [0.15, 0.2) is 53.9 Å². The van der Waals surface area contributed by atoms with Gasteiger partial charge in [-0.15, -0.1) is 11.3 Å². The van der Waals surface area contributed by atoms with Crippen molar-refractivity contribution < 1.29 is 14.3 Å². The number of likely N-dealkylation sites (N-methyl/N-ethyl adjacent to an activating group) is 1. The minimum Gasteiger partial charge on any atom is -0.497 e. The summed E-state index contributed by atoms with van der Waals surface area (Å²) in [6.45, 7) is 1.97. The number of thiazole rings is 1. The number of methoxy groups -OCH3 is 1. The van der Waals surface area contributed by atoms with Gasteiger partial charge < -0.3 is 15.0 Å². The van der Waals surface area contributed by atoms with Crippen molar-refractivity contribution in [1.29, 1.82) is 0 Å². The number of aromatic nitrogens is 1. The van der Waals surface area contributed by atoms with Gasteiger partial charge in [0.05, 0.1) is 25.8 Å². The van der Waals surface area contributed by atoms with Gasteiger partial charge in [-0.05, 0) is 43.3 Å². The van der Waals surface area contributed by atoms with E-state index in [-0.39, 0.29) is 24.8 Å². The number of nitrogens with zero attached hydrogens (tertiary/aromatic N) is 2. The Kier molecular flexibility index (Phi) is 6.61. The van der Waals surface area contributed by atoms with Crippen molar-refractivity contribution >= 4 is 28.8 Å². The molecule has 0 fully saturated rings. The number of nitrogens with one attached hydrogen (secondary N) is 1. The highest BCUT2D eigenvalue weighted by Crippen LogP contribution is 2.26. The predicted octanol–water partition coefficient (Wildman–Crippen LogP) is 3.77. The maximum absolute atomic E-state index is 12.5. The number of hydrogen-bond donors (Lipinski definition) is 1. The highest BCUT2D eigenvalue weighted by atomic mass is 32.1. The van der Waals surface area contributed by atoms with Gasteiger partial charge in [-0.25, -0.2) is 4.98 Å². The summed E-state index contributed by atoms with van der Waals surface area (Å²) in [4.78, 5) is 30.6. The van der Waals surface area contributed by atoms with E-state index in [2.05, 4.69) is 10.3 Å². The van der Waals surface area contributed by atoms with Gasteiger partial charge in [-0.1, -0.05) is 17.7 Å². The summed E-state index contributed by atoms with van der Waals surface area (Å²) in [5.41, 5.74) is 3.49. The molecule has 0 radical (unpaired) electrons. The van der Waals surface area contributed by atoms with Crippen LogP contribution in [-0.2, 0) is 16.0 Å². The van der Waals surface area contributed by atoms with Crippen molar-refractivity contribution in [3.8, 4) is 16.3 Å². The van der Waals surface area contributed by atoms with E-state index in [0.717, 1.165) is 21.9 Å². The summed E-state index contributed by atoms with van der Waals surface area (Å²) in [7, 11) is 3.24. The molecule has 1 heterocycles. The van der Waals surface area contributed by atoms with Crippen molar-refractivity contribution in [3.63, 3.8) is 0 Å². The lowest BCUT2D eigenvalue weighted by Gasteiger charge is -2.16. The first kappa shape index (κ1) is 20.5. The van der Waals surface area contributed by atoms with Crippen LogP contribution in [0.3, 0.4) is 0 Å². The molecule has 3 aromatic rings. The predicted molar refractivity (Wildman–Crippen MR) is 115 cm³/mol. The summed E-state index contributed by atoms with van der Waals surface area (Å²) in [6.07, 6.45) is 0.154. The van der Waals surface area contributed by atoms with Crippen LogP contribution in [0, 0.1) is 6.92 Å². The smallest absolute Gasteiger partial charge is 0.243 e. The third-order valence-electron chi connectivity index (χ3n) is 4.36. The number of amides is 2. The van der Waals surface area contributed by atoms with Gasteiger partial charge in [0.2, 0.25) is 11.8 Å². The number of carbonyl (C=O) groups is 2. The van der Waals surface area contributed by atoms with Gasteiger partial charge in [0.25, 0.3) is 0 Å². The first-order valence-electron chi connectivity index (χ1n) is 9.14. The van der Waals surface area contributed by atoms with E-state index in [1.54, 1.807) is 14.2 Å². The molecule has 0 spiro atoms. The molecule has 29 heavy (non-hydrogen) atoms. The number of hydrogen-bond acceptors (Lipinski definition) is 5. The molecule has 0 atom stereocenters. The molecule has 0 aliphatic rings. The Morgan fingerprint density at radius 1 is 1.10 bits per heavy atom. The van der Waals surface area contributed by atoms with Crippen LogP contribution in [0.25, 0.3) is 10.6 Å². The monoisotopic (exact) mass is 409 g/mol. The van der Waals surface area contributed by atoms with Crippen molar-refractivity contribution in [1.82, 2.24) is 9.88 Å². The molecule has 0 saturated carbocycles. The summed E-state index contributed by atoms with van der Waals surface area (Å²) in [5.74, 6) is 0.392. The van der Waals surface area contributed by atoms with Crippen LogP contribution >= 0.6 is 11.3 Å². The van der Waals surface area contributed by atoms with Gasteiger partial charge in [0.1, 0.15) is 10.8 Å². The maximum atomic E-state index is 12.5. The zero-order chi connectivity index (χ0) is 20.8. The largest absolute Gasteiger partial charge is 0.497 e. The van der Waals surface area contributed by atoms with Crippen molar-refractivity contribution in [2.24, 2.45) is 0 Å². The number of ether oxygens (including phenoxy) is 1. The minimum atomic E-state index is -0.234. The summed E-state index contributed by atoms with van der Waals surface area (Å²) >= 11 is 1.48. The third kappa shape index (κ3) is 5.65. The summed E-state index contributed by atoms with van der Waals surface area (Å²) in [5, 5.41) is 5.51. The maximum Gasteiger partial charge on any atom is 0.243 e. The van der Waals surface area contributed by atoms with Crippen molar-refractivity contribution in [2.75, 3.05) is 26.0 Å². The number of rotatable bonds is 7. The quantitative estimate of drug-likeness (QED) is 0.645. The highest BCUT2D eigenvalue weighted by molar-refractivity contribution is 7.13. The average Bonchev–Trinajstić information content (AvgIpc) is 3.18. The van der Waals surface area contributed by atoms with E-state index >= 15 is 0 Å². The molecule has 0 aliphatic heterocycles. The zero-order valence-corrected chi connectivity index (χ0v) is 17.5. The van der Waals surface area contributed by atoms with Gasteiger partial charge in [-0.3, -0.25) is 9.59 Å². The molecule has 1 N–H and O–H groups in total. The molecule has 0 unspecified atom stereocenters. The molecule has 0 aliphatic carbocycles.